The predicted molar refractivity (Wildman–Crippen MR) is 110 cm³/mol. The van der Waals surface area contributed by atoms with Gasteiger partial charge in [-0.1, -0.05) is 24.3 Å². The number of benzene rings is 2. The second-order valence-corrected chi connectivity index (χ2v) is 6.77. The summed E-state index contributed by atoms with van der Waals surface area (Å²) in [5.41, 5.74) is 3.16. The van der Waals surface area contributed by atoms with Gasteiger partial charge in [-0.2, -0.15) is 0 Å². The molecule has 2 N–H and O–H groups in total. The van der Waals surface area contributed by atoms with E-state index in [1.54, 1.807) is 6.92 Å². The monoisotopic (exact) mass is 384 g/mol. The fourth-order valence-corrected chi connectivity index (χ4v) is 3.35. The van der Waals surface area contributed by atoms with Gasteiger partial charge in [0.1, 0.15) is 12.4 Å². The van der Waals surface area contributed by atoms with Crippen LogP contribution in [0.2, 0.25) is 0 Å². The van der Waals surface area contributed by atoms with Crippen molar-refractivity contribution in [3.05, 3.63) is 54.1 Å². The zero-order valence-electron chi connectivity index (χ0n) is 16.3. The van der Waals surface area contributed by atoms with Gasteiger partial charge in [-0.05, 0) is 43.2 Å². The summed E-state index contributed by atoms with van der Waals surface area (Å²) >= 11 is 0. The molecule has 1 aliphatic rings. The molecule has 0 saturated carbocycles. The summed E-state index contributed by atoms with van der Waals surface area (Å²) in [5.74, 6) is 0.0396. The van der Waals surface area contributed by atoms with Crippen LogP contribution in [0.25, 0.3) is 0 Å². The summed E-state index contributed by atoms with van der Waals surface area (Å²) < 4.78 is 11.0. The first-order valence-electron chi connectivity index (χ1n) is 9.81. The highest BCUT2D eigenvalue weighted by atomic mass is 16.5. The molecular weight excluding hydrogens is 356 g/mol. The number of para-hydroxylation sites is 2. The highest BCUT2D eigenvalue weighted by Gasteiger charge is 2.18. The van der Waals surface area contributed by atoms with Gasteiger partial charge in [0.2, 0.25) is 0 Å². The van der Waals surface area contributed by atoms with Gasteiger partial charge >= 0.3 is 5.97 Å². The Morgan fingerprint density at radius 2 is 2.04 bits per heavy atom. The summed E-state index contributed by atoms with van der Waals surface area (Å²) in [4.78, 5) is 13.6. The molecule has 0 fully saturated rings. The number of nitrogens with zero attached hydrogens (tertiary/aromatic N) is 1. The summed E-state index contributed by atoms with van der Waals surface area (Å²) in [5, 5.41) is 12.6. The summed E-state index contributed by atoms with van der Waals surface area (Å²) in [6.45, 7) is 5.68. The summed E-state index contributed by atoms with van der Waals surface area (Å²) in [6.07, 6.45) is 0.599. The fourth-order valence-electron chi connectivity index (χ4n) is 3.35. The molecule has 150 valence electrons. The molecule has 2 aromatic carbocycles. The van der Waals surface area contributed by atoms with E-state index in [1.807, 2.05) is 42.5 Å². The molecule has 3 rings (SSSR count). The summed E-state index contributed by atoms with van der Waals surface area (Å²) in [7, 11) is 0. The summed E-state index contributed by atoms with van der Waals surface area (Å²) in [6, 6.07) is 16.1. The number of carbonyl (C=O) groups is 1. The number of nitrogens with one attached hydrogen (secondary N) is 1. The van der Waals surface area contributed by atoms with Crippen LogP contribution in [0.1, 0.15) is 18.9 Å². The molecule has 1 unspecified atom stereocenters. The van der Waals surface area contributed by atoms with E-state index in [1.165, 1.54) is 5.69 Å². The van der Waals surface area contributed by atoms with Crippen molar-refractivity contribution in [2.24, 2.45) is 0 Å². The van der Waals surface area contributed by atoms with Crippen molar-refractivity contribution in [2.75, 3.05) is 43.1 Å². The van der Waals surface area contributed by atoms with E-state index in [0.717, 1.165) is 49.7 Å². The fraction of sp³-hybridized carbons (Fsp3) is 0.409. The molecule has 6 nitrogen and oxygen atoms in total. The Morgan fingerprint density at radius 3 is 2.79 bits per heavy atom. The number of aliphatic carboxylic acids is 1. The molecule has 0 aliphatic carbocycles. The Bertz CT molecular complexity index is 763. The first-order chi connectivity index (χ1) is 13.7. The maximum Gasteiger partial charge on any atom is 0.333 e. The average molecular weight is 384 g/mol. The third-order valence-electron chi connectivity index (χ3n) is 4.78. The topological polar surface area (TPSA) is 71.0 Å². The quantitative estimate of drug-likeness (QED) is 0.612. The molecule has 0 saturated heterocycles. The van der Waals surface area contributed by atoms with Crippen LogP contribution in [-0.4, -0.2) is 50.0 Å². The molecule has 28 heavy (non-hydrogen) atoms. The van der Waals surface area contributed by atoms with E-state index in [2.05, 4.69) is 16.3 Å². The minimum absolute atomic E-state index is 0.375. The SMILES string of the molecule is CCOC(Cc1ccc(NCCCN2CCOc3ccccc32)cc1)C(=O)O. The van der Waals surface area contributed by atoms with Gasteiger partial charge in [-0.25, -0.2) is 4.79 Å². The molecule has 0 bridgehead atoms. The van der Waals surface area contributed by atoms with Crippen molar-refractivity contribution in [3.63, 3.8) is 0 Å². The molecule has 0 amide bonds. The number of rotatable bonds is 10. The molecule has 0 aromatic heterocycles. The van der Waals surface area contributed by atoms with Crippen LogP contribution in [-0.2, 0) is 16.0 Å². The molecule has 1 heterocycles. The van der Waals surface area contributed by atoms with Crippen LogP contribution in [0.3, 0.4) is 0 Å². The van der Waals surface area contributed by atoms with Crippen LogP contribution in [0.15, 0.2) is 48.5 Å². The lowest BCUT2D eigenvalue weighted by Crippen LogP contribution is -2.34. The lowest BCUT2D eigenvalue weighted by atomic mass is 10.1. The van der Waals surface area contributed by atoms with Crippen LogP contribution in [0, 0.1) is 0 Å². The molecule has 0 spiro atoms. The number of carboxylic acid groups (broad SMARTS) is 1. The van der Waals surface area contributed by atoms with Crippen molar-refractivity contribution < 1.29 is 19.4 Å². The van der Waals surface area contributed by atoms with Gasteiger partial charge in [0.15, 0.2) is 6.10 Å². The molecule has 2 aromatic rings. The second-order valence-electron chi connectivity index (χ2n) is 6.77. The zero-order chi connectivity index (χ0) is 19.8. The lowest BCUT2D eigenvalue weighted by Gasteiger charge is -2.31. The van der Waals surface area contributed by atoms with E-state index in [-0.39, 0.29) is 0 Å². The molecule has 0 radical (unpaired) electrons. The number of fused-ring (bicyclic) bond motifs is 1. The van der Waals surface area contributed by atoms with Gasteiger partial charge < -0.3 is 24.8 Å². The number of hydrogen-bond acceptors (Lipinski definition) is 5. The third-order valence-corrected chi connectivity index (χ3v) is 4.78. The van der Waals surface area contributed by atoms with Crippen molar-refractivity contribution in [3.8, 4) is 5.75 Å². The Balaban J connectivity index is 1.44. The minimum atomic E-state index is -0.922. The van der Waals surface area contributed by atoms with Gasteiger partial charge in [0.25, 0.3) is 0 Å². The van der Waals surface area contributed by atoms with E-state index in [0.29, 0.717) is 13.0 Å². The Labute approximate surface area is 166 Å². The second kappa shape index (κ2) is 9.99. The van der Waals surface area contributed by atoms with Gasteiger partial charge in [-0.3, -0.25) is 0 Å². The Morgan fingerprint density at radius 1 is 1.25 bits per heavy atom. The van der Waals surface area contributed by atoms with Crippen molar-refractivity contribution in [2.45, 2.75) is 25.9 Å². The first kappa shape index (κ1) is 20.0. The van der Waals surface area contributed by atoms with Crippen LogP contribution in [0.5, 0.6) is 5.75 Å². The maximum atomic E-state index is 11.2. The van der Waals surface area contributed by atoms with Crippen molar-refractivity contribution in [1.82, 2.24) is 0 Å². The third kappa shape index (κ3) is 5.39. The van der Waals surface area contributed by atoms with Crippen LogP contribution in [0.4, 0.5) is 11.4 Å². The van der Waals surface area contributed by atoms with Crippen molar-refractivity contribution in [1.29, 1.82) is 0 Å². The van der Waals surface area contributed by atoms with E-state index in [4.69, 9.17) is 9.47 Å². The van der Waals surface area contributed by atoms with E-state index >= 15 is 0 Å². The molecule has 1 atom stereocenters. The smallest absolute Gasteiger partial charge is 0.333 e. The largest absolute Gasteiger partial charge is 0.490 e. The minimum Gasteiger partial charge on any atom is -0.490 e. The first-order valence-corrected chi connectivity index (χ1v) is 9.81. The van der Waals surface area contributed by atoms with Crippen LogP contribution >= 0.6 is 0 Å². The normalized spacial score (nSPS) is 14.1. The lowest BCUT2D eigenvalue weighted by molar-refractivity contribution is -0.149. The molecule has 6 heteroatoms. The average Bonchev–Trinajstić information content (AvgIpc) is 2.72. The highest BCUT2D eigenvalue weighted by Crippen LogP contribution is 2.30. The highest BCUT2D eigenvalue weighted by molar-refractivity contribution is 5.72. The Hall–Kier alpha value is -2.73. The van der Waals surface area contributed by atoms with Gasteiger partial charge in [0, 0.05) is 31.8 Å². The maximum absolute atomic E-state index is 11.2. The van der Waals surface area contributed by atoms with Gasteiger partial charge in [-0.15, -0.1) is 0 Å². The Kier molecular flexibility index (Phi) is 7.14. The standard InChI is InChI=1S/C22H28N2O4/c1-2-27-21(22(25)26)16-17-8-10-18(11-9-17)23-12-5-13-24-14-15-28-20-7-4-3-6-19(20)24/h3-4,6-11,21,23H,2,5,12-16H2,1H3,(H,25,26). The van der Waals surface area contributed by atoms with Gasteiger partial charge in [0.05, 0.1) is 12.2 Å². The number of carboxylic acids is 1. The molecular formula is C22H28N2O4. The molecule has 1 aliphatic heterocycles. The van der Waals surface area contributed by atoms with Crippen LogP contribution < -0.4 is 15.0 Å². The number of hydrogen-bond donors (Lipinski definition) is 2. The zero-order valence-corrected chi connectivity index (χ0v) is 16.3. The number of anilines is 2. The van der Waals surface area contributed by atoms with E-state index in [9.17, 15) is 9.90 Å². The number of ether oxygens (including phenoxy) is 2. The van der Waals surface area contributed by atoms with Crippen molar-refractivity contribution >= 4 is 17.3 Å². The van der Waals surface area contributed by atoms with E-state index < -0.39 is 12.1 Å². The predicted octanol–water partition coefficient (Wildman–Crippen LogP) is 3.42.